The van der Waals surface area contributed by atoms with Crippen LogP contribution in [0.4, 0.5) is 0 Å². The van der Waals surface area contributed by atoms with Crippen LogP contribution in [0.2, 0.25) is 0 Å². The van der Waals surface area contributed by atoms with Gasteiger partial charge in [-0.15, -0.1) is 0 Å². The van der Waals surface area contributed by atoms with E-state index in [4.69, 9.17) is 4.74 Å². The average Bonchev–Trinajstić information content (AvgIpc) is 2.22. The molecule has 0 rings (SSSR count). The zero-order valence-electron chi connectivity index (χ0n) is 12.1. The molecule has 0 fully saturated rings. The first-order valence-corrected chi connectivity index (χ1v) is 6.42. The van der Waals surface area contributed by atoms with Gasteiger partial charge in [0.1, 0.15) is 5.60 Å². The van der Waals surface area contributed by atoms with Crippen LogP contribution in [0.25, 0.3) is 0 Å². The van der Waals surface area contributed by atoms with E-state index in [-0.39, 0.29) is 5.97 Å². The standard InChI is InChI=1S/C13H28N2O2/c1-7-8-9-10-13(14-5,15-6)11(16)17-12(2,3)4/h14-15H,7-10H2,1-6H3. The van der Waals surface area contributed by atoms with E-state index in [1.165, 1.54) is 0 Å². The Morgan fingerprint density at radius 3 is 2.00 bits per heavy atom. The first kappa shape index (κ1) is 16.4. The highest BCUT2D eigenvalue weighted by atomic mass is 16.6. The number of likely N-dealkylation sites (N-methyl/N-ethyl adjacent to an activating group) is 2. The molecule has 0 aromatic rings. The van der Waals surface area contributed by atoms with Gasteiger partial charge in [0.25, 0.3) is 0 Å². The lowest BCUT2D eigenvalue weighted by Crippen LogP contribution is -2.61. The van der Waals surface area contributed by atoms with Gasteiger partial charge in [-0.3, -0.25) is 10.6 Å². The van der Waals surface area contributed by atoms with Crippen LogP contribution in [0.5, 0.6) is 0 Å². The summed E-state index contributed by atoms with van der Waals surface area (Å²) >= 11 is 0. The molecule has 0 saturated heterocycles. The fraction of sp³-hybridized carbons (Fsp3) is 0.923. The Balaban J connectivity index is 4.62. The number of unbranched alkanes of at least 4 members (excludes halogenated alkanes) is 2. The van der Waals surface area contributed by atoms with Gasteiger partial charge < -0.3 is 4.74 Å². The highest BCUT2D eigenvalue weighted by Gasteiger charge is 2.38. The molecule has 0 heterocycles. The van der Waals surface area contributed by atoms with Crippen molar-refractivity contribution in [1.82, 2.24) is 10.6 Å². The Hall–Kier alpha value is -0.610. The summed E-state index contributed by atoms with van der Waals surface area (Å²) in [5.41, 5.74) is -1.22. The van der Waals surface area contributed by atoms with Crippen molar-refractivity contribution in [1.29, 1.82) is 0 Å². The monoisotopic (exact) mass is 244 g/mol. The molecule has 2 N–H and O–H groups in total. The molecule has 0 spiro atoms. The van der Waals surface area contributed by atoms with E-state index in [2.05, 4.69) is 17.6 Å². The summed E-state index contributed by atoms with van der Waals surface area (Å²) < 4.78 is 5.45. The van der Waals surface area contributed by atoms with E-state index >= 15 is 0 Å². The molecule has 0 aromatic carbocycles. The molecule has 0 bridgehead atoms. The van der Waals surface area contributed by atoms with Gasteiger partial charge in [-0.05, 0) is 47.7 Å². The van der Waals surface area contributed by atoms with Gasteiger partial charge in [0.05, 0.1) is 0 Å². The number of carbonyl (C=O) groups is 1. The van der Waals surface area contributed by atoms with Gasteiger partial charge in [-0.1, -0.05) is 19.8 Å². The Labute approximate surface area is 105 Å². The Kier molecular flexibility index (Phi) is 6.72. The maximum absolute atomic E-state index is 12.2. The Morgan fingerprint density at radius 2 is 1.65 bits per heavy atom. The van der Waals surface area contributed by atoms with Crippen molar-refractivity contribution in [2.24, 2.45) is 0 Å². The van der Waals surface area contributed by atoms with Gasteiger partial charge in [-0.2, -0.15) is 0 Å². The van der Waals surface area contributed by atoms with Crippen molar-refractivity contribution in [2.45, 2.75) is 64.6 Å². The van der Waals surface area contributed by atoms with Gasteiger partial charge in [0.2, 0.25) is 0 Å². The number of carbonyl (C=O) groups excluding carboxylic acids is 1. The van der Waals surface area contributed by atoms with Gasteiger partial charge in [-0.25, -0.2) is 4.79 Å². The number of ether oxygens (including phenoxy) is 1. The third kappa shape index (κ3) is 5.50. The first-order valence-electron chi connectivity index (χ1n) is 6.42. The topological polar surface area (TPSA) is 50.4 Å². The van der Waals surface area contributed by atoms with Crippen molar-refractivity contribution in [3.63, 3.8) is 0 Å². The lowest BCUT2D eigenvalue weighted by molar-refractivity contribution is -0.165. The predicted octanol–water partition coefficient (Wildman–Crippen LogP) is 2.04. The minimum absolute atomic E-state index is 0.230. The molecular weight excluding hydrogens is 216 g/mol. The number of hydrogen-bond acceptors (Lipinski definition) is 4. The molecule has 0 unspecified atom stereocenters. The number of esters is 1. The largest absolute Gasteiger partial charge is 0.458 e. The molecule has 0 radical (unpaired) electrons. The van der Waals surface area contributed by atoms with Crippen molar-refractivity contribution in [3.05, 3.63) is 0 Å². The zero-order valence-corrected chi connectivity index (χ0v) is 12.1. The quantitative estimate of drug-likeness (QED) is 0.409. The van der Waals surface area contributed by atoms with Crippen molar-refractivity contribution >= 4 is 5.97 Å². The smallest absolute Gasteiger partial charge is 0.341 e. The molecule has 0 aromatic heterocycles. The van der Waals surface area contributed by atoms with Crippen LogP contribution in [-0.4, -0.2) is 31.3 Å². The van der Waals surface area contributed by atoms with Crippen molar-refractivity contribution in [3.8, 4) is 0 Å². The van der Waals surface area contributed by atoms with Crippen LogP contribution in [0.3, 0.4) is 0 Å². The maximum atomic E-state index is 12.2. The second-order valence-corrected chi connectivity index (χ2v) is 5.36. The molecule has 4 nitrogen and oxygen atoms in total. The summed E-state index contributed by atoms with van der Waals surface area (Å²) in [6, 6.07) is 0. The van der Waals surface area contributed by atoms with E-state index in [9.17, 15) is 4.79 Å². The molecule has 0 amide bonds. The molecular formula is C13H28N2O2. The second-order valence-electron chi connectivity index (χ2n) is 5.36. The molecule has 102 valence electrons. The summed E-state index contributed by atoms with van der Waals surface area (Å²) in [7, 11) is 3.57. The van der Waals surface area contributed by atoms with Gasteiger partial charge in [0, 0.05) is 0 Å². The second kappa shape index (κ2) is 6.97. The minimum Gasteiger partial charge on any atom is -0.458 e. The van der Waals surface area contributed by atoms with Crippen LogP contribution >= 0.6 is 0 Å². The molecule has 0 aliphatic rings. The molecule has 4 heteroatoms. The summed E-state index contributed by atoms with van der Waals surface area (Å²) in [6.07, 6.45) is 3.99. The zero-order chi connectivity index (χ0) is 13.5. The Morgan fingerprint density at radius 1 is 1.12 bits per heavy atom. The van der Waals surface area contributed by atoms with Gasteiger partial charge >= 0.3 is 5.97 Å². The van der Waals surface area contributed by atoms with E-state index < -0.39 is 11.3 Å². The van der Waals surface area contributed by atoms with Crippen LogP contribution in [0.15, 0.2) is 0 Å². The minimum atomic E-state index is -0.761. The number of nitrogens with one attached hydrogen (secondary N) is 2. The number of rotatable bonds is 7. The highest BCUT2D eigenvalue weighted by molar-refractivity contribution is 5.80. The van der Waals surface area contributed by atoms with Gasteiger partial charge in [0.15, 0.2) is 5.66 Å². The number of hydrogen-bond donors (Lipinski definition) is 2. The Bertz CT molecular complexity index is 230. The lowest BCUT2D eigenvalue weighted by Gasteiger charge is -2.34. The normalized spacial score (nSPS) is 12.6. The van der Waals surface area contributed by atoms with Crippen LogP contribution in [0, 0.1) is 0 Å². The van der Waals surface area contributed by atoms with E-state index in [0.717, 1.165) is 25.7 Å². The molecule has 17 heavy (non-hydrogen) atoms. The maximum Gasteiger partial charge on any atom is 0.341 e. The van der Waals surface area contributed by atoms with E-state index in [1.54, 1.807) is 14.1 Å². The highest BCUT2D eigenvalue weighted by Crippen LogP contribution is 2.18. The third-order valence-electron chi connectivity index (χ3n) is 2.76. The molecule has 0 saturated carbocycles. The summed E-state index contributed by atoms with van der Waals surface area (Å²) in [5.74, 6) is -0.230. The fourth-order valence-corrected chi connectivity index (χ4v) is 1.69. The fourth-order valence-electron chi connectivity index (χ4n) is 1.69. The van der Waals surface area contributed by atoms with Crippen LogP contribution in [0.1, 0.15) is 53.4 Å². The van der Waals surface area contributed by atoms with Crippen molar-refractivity contribution < 1.29 is 9.53 Å². The van der Waals surface area contributed by atoms with E-state index in [0.29, 0.717) is 0 Å². The molecule has 0 aliphatic heterocycles. The van der Waals surface area contributed by atoms with E-state index in [1.807, 2.05) is 20.8 Å². The van der Waals surface area contributed by atoms with Crippen LogP contribution < -0.4 is 10.6 Å². The third-order valence-corrected chi connectivity index (χ3v) is 2.76. The van der Waals surface area contributed by atoms with Crippen LogP contribution in [-0.2, 0) is 9.53 Å². The summed E-state index contributed by atoms with van der Waals surface area (Å²) in [6.45, 7) is 7.79. The summed E-state index contributed by atoms with van der Waals surface area (Å²) in [4.78, 5) is 12.2. The SMILES string of the molecule is CCCCCC(NC)(NC)C(=O)OC(C)(C)C. The first-order chi connectivity index (χ1) is 7.81. The lowest BCUT2D eigenvalue weighted by atomic mass is 10.0. The predicted molar refractivity (Wildman–Crippen MR) is 70.8 cm³/mol. The molecule has 0 atom stereocenters. The summed E-state index contributed by atoms with van der Waals surface area (Å²) in [5, 5.41) is 6.12. The van der Waals surface area contributed by atoms with Crippen molar-refractivity contribution in [2.75, 3.05) is 14.1 Å². The average molecular weight is 244 g/mol. The molecule has 0 aliphatic carbocycles.